The van der Waals surface area contributed by atoms with Crippen molar-refractivity contribution in [3.8, 4) is 0 Å². The molecule has 0 spiro atoms. The van der Waals surface area contributed by atoms with Crippen molar-refractivity contribution < 1.29 is 101 Å². The number of hydrogen-bond donors (Lipinski definition) is 8. The van der Waals surface area contributed by atoms with Crippen LogP contribution in [0, 0.1) is 0 Å². The predicted molar refractivity (Wildman–Crippen MR) is 478 cm³/mol. The Labute approximate surface area is 729 Å². The van der Waals surface area contributed by atoms with Gasteiger partial charge in [0.05, 0.1) is 32.5 Å². The van der Waals surface area contributed by atoms with Gasteiger partial charge in [0.1, 0.15) is 60.9 Å². The van der Waals surface area contributed by atoms with Gasteiger partial charge < -0.3 is 74.0 Å². The van der Waals surface area contributed by atoms with Gasteiger partial charge in [-0.25, -0.2) is 4.57 Å². The van der Waals surface area contributed by atoms with Crippen LogP contribution in [0.1, 0.15) is 485 Å². The third-order valence-corrected chi connectivity index (χ3v) is 24.6. The molecule has 2 fully saturated rings. The number of unbranched alkanes of at least 4 members (excludes halogenated alkanes) is 54. The van der Waals surface area contributed by atoms with Crippen LogP contribution in [0.15, 0.2) is 0 Å². The molecule has 0 aromatic rings. The van der Waals surface area contributed by atoms with Gasteiger partial charge in [0.15, 0.2) is 18.7 Å². The lowest BCUT2D eigenvalue weighted by Gasteiger charge is -2.46. The summed E-state index contributed by atoms with van der Waals surface area (Å²) in [5.74, 6) is -3.84. The number of carbonyl (C=O) groups is 6. The highest BCUT2D eigenvalue weighted by Gasteiger charge is 2.53. The number of aliphatic hydroxyl groups is 4. The van der Waals surface area contributed by atoms with Crippen LogP contribution >= 0.6 is 7.82 Å². The van der Waals surface area contributed by atoms with E-state index in [0.717, 1.165) is 173 Å². The van der Waals surface area contributed by atoms with Gasteiger partial charge >= 0.3 is 31.7 Å². The topological polar surface area (TPSA) is 339 Å². The second kappa shape index (κ2) is 76.8. The highest BCUT2D eigenvalue weighted by Crippen LogP contribution is 2.43. The summed E-state index contributed by atoms with van der Waals surface area (Å²) >= 11 is 0. The molecular formula is C96H181N2O21P. The van der Waals surface area contributed by atoms with E-state index in [-0.39, 0.29) is 32.1 Å². The fourth-order valence-corrected chi connectivity index (χ4v) is 17.3. The molecule has 23 nitrogen and oxygen atoms in total. The molecule has 0 aromatic carbocycles. The average molecular weight is 1730 g/mol. The van der Waals surface area contributed by atoms with E-state index < -0.39 is 149 Å². The molecule has 2 heterocycles. The van der Waals surface area contributed by atoms with Crippen LogP contribution < -0.4 is 10.6 Å². The van der Waals surface area contributed by atoms with E-state index in [9.17, 15) is 63.5 Å². The monoisotopic (exact) mass is 1730 g/mol. The molecule has 0 saturated carbocycles. The number of amides is 2. The van der Waals surface area contributed by atoms with Gasteiger partial charge in [-0.05, 0) is 57.8 Å². The molecule has 13 atom stereocenters. The molecule has 8 N–H and O–H groups in total. The second-order valence-corrected chi connectivity index (χ2v) is 36.7. The first-order valence-corrected chi connectivity index (χ1v) is 51.4. The van der Waals surface area contributed by atoms with Crippen LogP contribution in [-0.4, -0.2) is 159 Å². The third-order valence-electron chi connectivity index (χ3n) is 24.1. The van der Waals surface area contributed by atoms with E-state index in [1.165, 1.54) is 173 Å². The van der Waals surface area contributed by atoms with Crippen LogP contribution in [0.3, 0.4) is 0 Å². The second-order valence-electron chi connectivity index (χ2n) is 35.5. The largest absolute Gasteiger partial charge is 0.470 e. The van der Waals surface area contributed by atoms with E-state index in [1.54, 1.807) is 0 Å². The number of hydrogen-bond acceptors (Lipinski definition) is 19. The lowest BCUT2D eigenvalue weighted by atomic mass is 9.95. The van der Waals surface area contributed by atoms with Crippen LogP contribution in [0.2, 0.25) is 0 Å². The highest BCUT2D eigenvalue weighted by atomic mass is 31.2. The number of esters is 4. The maximum Gasteiger partial charge on any atom is 0.470 e. The Balaban J connectivity index is 2.56. The summed E-state index contributed by atoms with van der Waals surface area (Å²) in [5.41, 5.74) is 0. The Hall–Kier alpha value is -3.35. The first-order valence-electron chi connectivity index (χ1n) is 49.9. The summed E-state index contributed by atoms with van der Waals surface area (Å²) in [5, 5.41) is 51.8. The first-order chi connectivity index (χ1) is 58.2. The molecule has 5 unspecified atom stereocenters. The smallest absolute Gasteiger partial charge is 0.462 e. The zero-order chi connectivity index (χ0) is 87.7. The summed E-state index contributed by atoms with van der Waals surface area (Å²) in [6.45, 7) is 11.4. The molecule has 2 saturated heterocycles. The Morgan fingerprint density at radius 3 is 0.900 bits per heavy atom. The maximum absolute atomic E-state index is 15.0. The molecule has 120 heavy (non-hydrogen) atoms. The summed E-state index contributed by atoms with van der Waals surface area (Å²) in [6.07, 6.45) is 46.8. The van der Waals surface area contributed by atoms with Crippen molar-refractivity contribution in [3.05, 3.63) is 0 Å². The number of ether oxygens (including phenoxy) is 7. The lowest BCUT2D eigenvalue weighted by Crippen LogP contribution is -2.67. The molecule has 0 aromatic heterocycles. The van der Waals surface area contributed by atoms with E-state index >= 15 is 0 Å². The molecule has 706 valence electrons. The SMILES string of the molecule is CCCCCCCCCCCCCCCC(=O)O[C@H](CCCCCCCCCCC)CC(=O)N[C@@H]1C(O)OC(CO[C@@H]2OC(CO)[C@@H](OP(=O)(O)O)C(OC(=O)C[C@@H](CCCCCCCCCCC)OC(=O)CCCCCCCCCCCCC)[C@@H]2NC(=O)C[C@@H](CCCCCCCCCCC)OC(=O)CCCCCCCCCCC)[C@@H](O)C1O. The summed E-state index contributed by atoms with van der Waals surface area (Å²) in [7, 11) is -5.58. The Morgan fingerprint density at radius 1 is 0.333 bits per heavy atom. The van der Waals surface area contributed by atoms with Crippen molar-refractivity contribution in [3.63, 3.8) is 0 Å². The van der Waals surface area contributed by atoms with Crippen molar-refractivity contribution in [2.45, 2.75) is 564 Å². The summed E-state index contributed by atoms with van der Waals surface area (Å²) in [6, 6.07) is -3.37. The van der Waals surface area contributed by atoms with Gasteiger partial charge in [-0.3, -0.25) is 33.3 Å². The Bertz CT molecular complexity index is 2510. The first kappa shape index (κ1) is 113. The van der Waals surface area contributed by atoms with Crippen molar-refractivity contribution in [1.29, 1.82) is 0 Å². The maximum atomic E-state index is 15.0. The van der Waals surface area contributed by atoms with E-state index in [0.29, 0.717) is 51.4 Å². The molecule has 0 radical (unpaired) electrons. The lowest BCUT2D eigenvalue weighted by molar-refractivity contribution is -0.297. The van der Waals surface area contributed by atoms with Crippen LogP contribution in [-0.2, 0) is 71.0 Å². The van der Waals surface area contributed by atoms with Crippen molar-refractivity contribution >= 4 is 43.5 Å². The summed E-state index contributed by atoms with van der Waals surface area (Å²) < 4.78 is 61.4. The molecule has 2 rings (SSSR count). The third kappa shape index (κ3) is 60.3. The average Bonchev–Trinajstić information content (AvgIpc) is 0.777. The van der Waals surface area contributed by atoms with Gasteiger partial charge in [-0.2, -0.15) is 0 Å². The Kier molecular flexibility index (Phi) is 72.2. The fraction of sp³-hybridized carbons (Fsp3) is 0.938. The molecule has 2 aliphatic rings. The number of aliphatic hydroxyl groups excluding tert-OH is 4. The standard InChI is InChI=1S/C96H181N2O21P/c1-7-13-19-25-31-37-39-40-42-48-54-59-65-70-85(102)113-78(67-61-55-49-43-33-27-21-15-9-3)73-83(100)97-89-92(107)91(106)82(116-95(89)108)77-112-96-90(98-84(101)74-79(68-62-56-50-44-34-28-22-16-10-4)114-86(103)71-64-58-52-46-36-30-24-18-12-6)94(93(81(76-99)117-96)119-120(109,110)111)118-88(105)75-80(69-63-57-51-45-35-29-23-17-11-5)115-87(104)72-66-60-53-47-41-38-32-26-20-14-8-2/h78-82,89-96,99,106-108H,7-77H2,1-6H3,(H,97,100)(H,98,101)(H2,109,110,111)/t78-,79-,80-,81?,82?,89+,90+,91-,92?,93-,94?,95?,96-/m1/s1. The van der Waals surface area contributed by atoms with Crippen LogP contribution in [0.5, 0.6) is 0 Å². The zero-order valence-corrected chi connectivity index (χ0v) is 77.9. The quantitative estimate of drug-likeness (QED) is 0.0121. The molecule has 2 amide bonds. The minimum Gasteiger partial charge on any atom is -0.462 e. The van der Waals surface area contributed by atoms with E-state index in [2.05, 4.69) is 52.2 Å². The normalized spacial score (nSPS) is 20.2. The molecule has 0 bridgehead atoms. The zero-order valence-electron chi connectivity index (χ0n) is 77.0. The Morgan fingerprint density at radius 2 is 0.608 bits per heavy atom. The highest BCUT2D eigenvalue weighted by molar-refractivity contribution is 7.46. The number of rotatable bonds is 84. The van der Waals surface area contributed by atoms with Crippen molar-refractivity contribution in [2.24, 2.45) is 0 Å². The van der Waals surface area contributed by atoms with E-state index in [4.69, 9.17) is 37.7 Å². The van der Waals surface area contributed by atoms with Crippen LogP contribution in [0.4, 0.5) is 0 Å². The van der Waals surface area contributed by atoms with Crippen molar-refractivity contribution in [2.75, 3.05) is 13.2 Å². The van der Waals surface area contributed by atoms with Gasteiger partial charge in [-0.15, -0.1) is 0 Å². The molecule has 24 heteroatoms. The minimum atomic E-state index is -5.58. The molecule has 0 aliphatic carbocycles. The number of phosphoric acid groups is 1. The number of phosphoric ester groups is 1. The van der Waals surface area contributed by atoms with Gasteiger partial charge in [0, 0.05) is 19.3 Å². The number of nitrogens with one attached hydrogen (secondary N) is 2. The van der Waals surface area contributed by atoms with Gasteiger partial charge in [0.25, 0.3) is 0 Å². The van der Waals surface area contributed by atoms with E-state index in [1.807, 2.05) is 0 Å². The van der Waals surface area contributed by atoms with Crippen molar-refractivity contribution in [1.82, 2.24) is 10.6 Å². The van der Waals surface area contributed by atoms with Crippen LogP contribution in [0.25, 0.3) is 0 Å². The fourth-order valence-electron chi connectivity index (χ4n) is 16.7. The van der Waals surface area contributed by atoms with Gasteiger partial charge in [-0.1, -0.05) is 388 Å². The van der Waals surface area contributed by atoms with Gasteiger partial charge in [0.2, 0.25) is 11.8 Å². The minimum absolute atomic E-state index is 0.124. The predicted octanol–water partition coefficient (Wildman–Crippen LogP) is 22.3. The number of carbonyl (C=O) groups excluding carboxylic acids is 6. The molecular weight excluding hydrogens is 1550 g/mol. The molecule has 2 aliphatic heterocycles. The summed E-state index contributed by atoms with van der Waals surface area (Å²) in [4.78, 5) is 106.